The number of aryl methyl sites for hydroxylation is 1. The predicted octanol–water partition coefficient (Wildman–Crippen LogP) is 4.92. The molecule has 3 rings (SSSR count). The Morgan fingerprint density at radius 3 is 2.83 bits per heavy atom. The molecule has 0 radical (unpaired) electrons. The lowest BCUT2D eigenvalue weighted by molar-refractivity contribution is 0.0798. The van der Waals surface area contributed by atoms with Crippen LogP contribution in [0.3, 0.4) is 0 Å². The second kappa shape index (κ2) is 6.95. The van der Waals surface area contributed by atoms with E-state index in [2.05, 4.69) is 12.0 Å². The molecule has 3 aromatic rings. The van der Waals surface area contributed by atoms with Crippen LogP contribution in [0.2, 0.25) is 5.02 Å². The van der Waals surface area contributed by atoms with Crippen LogP contribution in [0.25, 0.3) is 15.9 Å². The van der Waals surface area contributed by atoms with Gasteiger partial charge in [0, 0.05) is 19.0 Å². The molecule has 4 nitrogen and oxygen atoms in total. The van der Waals surface area contributed by atoms with Crippen LogP contribution in [0.5, 0.6) is 0 Å². The first kappa shape index (κ1) is 17.0. The van der Waals surface area contributed by atoms with E-state index in [1.807, 2.05) is 49.0 Å². The van der Waals surface area contributed by atoms with Crippen molar-refractivity contribution in [3.05, 3.63) is 45.9 Å². The summed E-state index contributed by atoms with van der Waals surface area (Å²) in [5.74, 6) is 0.0646. The SMILES string of the molecule is CCCCN(C)C(=O)c1cc2c(C)nn(-c3ccccc3Cl)c2s1. The van der Waals surface area contributed by atoms with Gasteiger partial charge in [-0.05, 0) is 31.5 Å². The molecular formula is C18H20ClN3OS. The zero-order chi connectivity index (χ0) is 17.3. The van der Waals surface area contributed by atoms with Crippen molar-refractivity contribution in [3.8, 4) is 5.69 Å². The Bertz CT molecular complexity index is 884. The van der Waals surface area contributed by atoms with Crippen molar-refractivity contribution in [1.82, 2.24) is 14.7 Å². The van der Waals surface area contributed by atoms with Gasteiger partial charge in [-0.1, -0.05) is 37.1 Å². The van der Waals surface area contributed by atoms with Crippen molar-refractivity contribution in [2.24, 2.45) is 0 Å². The molecule has 0 spiro atoms. The van der Waals surface area contributed by atoms with Gasteiger partial charge in [-0.15, -0.1) is 11.3 Å². The summed E-state index contributed by atoms with van der Waals surface area (Å²) in [6.45, 7) is 4.86. The van der Waals surface area contributed by atoms with E-state index < -0.39 is 0 Å². The van der Waals surface area contributed by atoms with Crippen LogP contribution in [-0.2, 0) is 0 Å². The van der Waals surface area contributed by atoms with Crippen LogP contribution in [0, 0.1) is 6.92 Å². The minimum atomic E-state index is 0.0646. The molecule has 0 saturated heterocycles. The van der Waals surface area contributed by atoms with Gasteiger partial charge in [0.2, 0.25) is 0 Å². The second-order valence-electron chi connectivity index (χ2n) is 5.86. The highest BCUT2D eigenvalue weighted by molar-refractivity contribution is 7.20. The average Bonchev–Trinajstić information content (AvgIpc) is 3.13. The van der Waals surface area contributed by atoms with E-state index >= 15 is 0 Å². The Balaban J connectivity index is 2.02. The molecule has 0 N–H and O–H groups in total. The first-order valence-corrected chi connectivity index (χ1v) is 9.22. The fraction of sp³-hybridized carbons (Fsp3) is 0.333. The number of halogens is 1. The second-order valence-corrected chi connectivity index (χ2v) is 7.30. The maximum absolute atomic E-state index is 12.6. The van der Waals surface area contributed by atoms with Gasteiger partial charge in [-0.3, -0.25) is 4.79 Å². The summed E-state index contributed by atoms with van der Waals surface area (Å²) in [7, 11) is 1.86. The third-order valence-corrected chi connectivity index (χ3v) is 5.45. The summed E-state index contributed by atoms with van der Waals surface area (Å²) in [5, 5.41) is 6.24. The van der Waals surface area contributed by atoms with Crippen LogP contribution >= 0.6 is 22.9 Å². The van der Waals surface area contributed by atoms with E-state index in [0.29, 0.717) is 5.02 Å². The molecule has 2 heterocycles. The van der Waals surface area contributed by atoms with Crippen LogP contribution in [0.4, 0.5) is 0 Å². The molecule has 6 heteroatoms. The highest BCUT2D eigenvalue weighted by atomic mass is 35.5. The van der Waals surface area contributed by atoms with Crippen molar-refractivity contribution >= 4 is 39.1 Å². The molecule has 0 aliphatic carbocycles. The van der Waals surface area contributed by atoms with Gasteiger partial charge in [-0.25, -0.2) is 4.68 Å². The number of carbonyl (C=O) groups excluding carboxylic acids is 1. The zero-order valence-corrected chi connectivity index (χ0v) is 15.6. The Morgan fingerprint density at radius 2 is 2.12 bits per heavy atom. The minimum absolute atomic E-state index is 0.0646. The number of thiophene rings is 1. The molecule has 0 atom stereocenters. The fourth-order valence-electron chi connectivity index (χ4n) is 2.62. The van der Waals surface area contributed by atoms with Crippen molar-refractivity contribution < 1.29 is 4.79 Å². The molecule has 0 aliphatic rings. The quantitative estimate of drug-likeness (QED) is 0.646. The van der Waals surface area contributed by atoms with E-state index in [1.54, 1.807) is 4.90 Å². The lowest BCUT2D eigenvalue weighted by atomic mass is 10.2. The molecule has 2 aromatic heterocycles. The number of nitrogens with zero attached hydrogens (tertiary/aromatic N) is 3. The number of para-hydroxylation sites is 1. The van der Waals surface area contributed by atoms with Gasteiger partial charge in [-0.2, -0.15) is 5.10 Å². The van der Waals surface area contributed by atoms with Gasteiger partial charge in [0.25, 0.3) is 5.91 Å². The average molecular weight is 362 g/mol. The van der Waals surface area contributed by atoms with Gasteiger partial charge in [0.05, 0.1) is 21.3 Å². The smallest absolute Gasteiger partial charge is 0.263 e. The number of amides is 1. The standard InChI is InChI=1S/C18H20ClN3OS/c1-4-5-10-21(3)17(23)16-11-13-12(2)20-22(18(13)24-16)15-9-7-6-8-14(15)19/h6-9,11H,4-5,10H2,1-3H3. The molecule has 0 bridgehead atoms. The van der Waals surface area contributed by atoms with Crippen LogP contribution in [0.15, 0.2) is 30.3 Å². The fourth-order valence-corrected chi connectivity index (χ4v) is 4.01. The molecule has 0 unspecified atom stereocenters. The van der Waals surface area contributed by atoms with E-state index in [0.717, 1.165) is 45.9 Å². The Morgan fingerprint density at radius 1 is 1.38 bits per heavy atom. The van der Waals surface area contributed by atoms with Crippen molar-refractivity contribution in [1.29, 1.82) is 0 Å². The number of unbranched alkanes of at least 4 members (excludes halogenated alkanes) is 1. The van der Waals surface area contributed by atoms with Gasteiger partial charge in [0.1, 0.15) is 4.83 Å². The van der Waals surface area contributed by atoms with Crippen molar-refractivity contribution in [2.75, 3.05) is 13.6 Å². The summed E-state index contributed by atoms with van der Waals surface area (Å²) < 4.78 is 1.83. The maximum atomic E-state index is 12.6. The third kappa shape index (κ3) is 3.06. The van der Waals surface area contributed by atoms with E-state index in [-0.39, 0.29) is 5.91 Å². The molecule has 24 heavy (non-hydrogen) atoms. The van der Waals surface area contributed by atoms with Crippen molar-refractivity contribution in [2.45, 2.75) is 26.7 Å². The monoisotopic (exact) mass is 361 g/mol. The van der Waals surface area contributed by atoms with Crippen LogP contribution < -0.4 is 0 Å². The number of carbonyl (C=O) groups is 1. The summed E-state index contributed by atoms with van der Waals surface area (Å²) in [4.78, 5) is 16.1. The van der Waals surface area contributed by atoms with Gasteiger partial charge < -0.3 is 4.90 Å². The number of hydrogen-bond donors (Lipinski definition) is 0. The zero-order valence-electron chi connectivity index (χ0n) is 14.0. The van der Waals surface area contributed by atoms with Crippen molar-refractivity contribution in [3.63, 3.8) is 0 Å². The molecular weight excluding hydrogens is 342 g/mol. The first-order valence-electron chi connectivity index (χ1n) is 8.02. The highest BCUT2D eigenvalue weighted by Crippen LogP contribution is 2.32. The van der Waals surface area contributed by atoms with E-state index in [1.165, 1.54) is 11.3 Å². The molecule has 0 saturated carbocycles. The largest absolute Gasteiger partial charge is 0.341 e. The van der Waals surface area contributed by atoms with Gasteiger partial charge >= 0.3 is 0 Å². The van der Waals surface area contributed by atoms with Crippen LogP contribution in [-0.4, -0.2) is 34.2 Å². The predicted molar refractivity (Wildman–Crippen MR) is 101 cm³/mol. The number of fused-ring (bicyclic) bond motifs is 1. The third-order valence-electron chi connectivity index (χ3n) is 4.03. The summed E-state index contributed by atoms with van der Waals surface area (Å²) >= 11 is 7.78. The van der Waals surface area contributed by atoms with Gasteiger partial charge in [0.15, 0.2) is 0 Å². The normalized spacial score (nSPS) is 11.2. The molecule has 1 aromatic carbocycles. The molecule has 0 aliphatic heterocycles. The Labute approximate surface area is 150 Å². The summed E-state index contributed by atoms with van der Waals surface area (Å²) in [6, 6.07) is 9.55. The molecule has 0 fully saturated rings. The summed E-state index contributed by atoms with van der Waals surface area (Å²) in [5.41, 5.74) is 1.73. The number of rotatable bonds is 5. The molecule has 1 amide bonds. The van der Waals surface area contributed by atoms with E-state index in [4.69, 9.17) is 11.6 Å². The first-order chi connectivity index (χ1) is 11.5. The Kier molecular flexibility index (Phi) is 4.92. The minimum Gasteiger partial charge on any atom is -0.341 e. The lowest BCUT2D eigenvalue weighted by Crippen LogP contribution is -2.26. The topological polar surface area (TPSA) is 38.1 Å². The highest BCUT2D eigenvalue weighted by Gasteiger charge is 2.20. The number of benzene rings is 1. The maximum Gasteiger partial charge on any atom is 0.263 e. The summed E-state index contributed by atoms with van der Waals surface area (Å²) in [6.07, 6.45) is 2.09. The number of hydrogen-bond acceptors (Lipinski definition) is 3. The van der Waals surface area contributed by atoms with Crippen LogP contribution in [0.1, 0.15) is 35.1 Å². The lowest BCUT2D eigenvalue weighted by Gasteiger charge is -2.15. The molecule has 126 valence electrons. The Hall–Kier alpha value is -1.85. The van der Waals surface area contributed by atoms with E-state index in [9.17, 15) is 4.79 Å². The number of aromatic nitrogens is 2.